The zero-order chi connectivity index (χ0) is 9.80. The number of halogens is 1. The number of piperidine rings is 1. The molecule has 2 rings (SSSR count). The van der Waals surface area contributed by atoms with Crippen molar-refractivity contribution in [2.45, 2.75) is 25.7 Å². The van der Waals surface area contributed by atoms with Crippen LogP contribution in [0.1, 0.15) is 24.1 Å². The Labute approximate surface area is 98.0 Å². The number of hydrogen-bond acceptors (Lipinski definition) is 2. The van der Waals surface area contributed by atoms with Gasteiger partial charge < -0.3 is 5.32 Å². The van der Waals surface area contributed by atoms with Crippen molar-refractivity contribution in [2.24, 2.45) is 5.92 Å². The Morgan fingerprint density at radius 3 is 3.07 bits per heavy atom. The molecule has 1 nitrogen and oxygen atoms in total. The summed E-state index contributed by atoms with van der Waals surface area (Å²) in [7, 11) is 0. The first-order chi connectivity index (χ1) is 6.84. The van der Waals surface area contributed by atoms with E-state index in [0.717, 1.165) is 5.92 Å². The molecule has 1 aromatic rings. The van der Waals surface area contributed by atoms with Gasteiger partial charge in [0.25, 0.3) is 0 Å². The number of rotatable bonds is 3. The van der Waals surface area contributed by atoms with Crippen LogP contribution in [0.2, 0.25) is 0 Å². The van der Waals surface area contributed by atoms with Crippen LogP contribution >= 0.6 is 27.3 Å². The molecule has 1 atom stereocenters. The van der Waals surface area contributed by atoms with E-state index in [4.69, 9.17) is 0 Å². The molecule has 1 aliphatic rings. The second-order valence-corrected chi connectivity index (χ2v) is 6.50. The Balaban J connectivity index is 1.76. The predicted molar refractivity (Wildman–Crippen MR) is 65.9 cm³/mol. The molecule has 0 saturated carbocycles. The lowest BCUT2D eigenvalue weighted by atomic mass is 9.94. The molecule has 1 unspecified atom stereocenters. The summed E-state index contributed by atoms with van der Waals surface area (Å²) in [5.74, 6) is 0.907. The van der Waals surface area contributed by atoms with Crippen molar-refractivity contribution in [1.82, 2.24) is 5.32 Å². The Bertz CT molecular complexity index is 279. The maximum absolute atomic E-state index is 3.50. The molecule has 0 amide bonds. The van der Waals surface area contributed by atoms with Gasteiger partial charge in [0.2, 0.25) is 0 Å². The number of thiophene rings is 1. The zero-order valence-corrected chi connectivity index (χ0v) is 10.7. The average molecular weight is 274 g/mol. The minimum atomic E-state index is 0.907. The van der Waals surface area contributed by atoms with E-state index in [1.54, 1.807) is 0 Å². The highest BCUT2D eigenvalue weighted by Gasteiger charge is 2.12. The summed E-state index contributed by atoms with van der Waals surface area (Å²) < 4.78 is 1.26. The van der Waals surface area contributed by atoms with Gasteiger partial charge in [-0.25, -0.2) is 0 Å². The van der Waals surface area contributed by atoms with Crippen LogP contribution in [0.5, 0.6) is 0 Å². The van der Waals surface area contributed by atoms with Crippen LogP contribution in [-0.4, -0.2) is 13.1 Å². The number of aryl methyl sites for hydroxylation is 1. The quantitative estimate of drug-likeness (QED) is 0.890. The molecule has 78 valence electrons. The lowest BCUT2D eigenvalue weighted by molar-refractivity contribution is 0.359. The molecule has 0 spiro atoms. The van der Waals surface area contributed by atoms with Crippen LogP contribution in [-0.2, 0) is 6.42 Å². The van der Waals surface area contributed by atoms with Crippen LogP contribution in [0.3, 0.4) is 0 Å². The SMILES string of the molecule is Brc1ccc(CCC2CCCNC2)s1. The molecule has 1 fully saturated rings. The summed E-state index contributed by atoms with van der Waals surface area (Å²) >= 11 is 5.38. The molecule has 0 bridgehead atoms. The summed E-state index contributed by atoms with van der Waals surface area (Å²) in [4.78, 5) is 1.52. The summed E-state index contributed by atoms with van der Waals surface area (Å²) in [5, 5.41) is 3.47. The predicted octanol–water partition coefficient (Wildman–Crippen LogP) is 3.44. The van der Waals surface area contributed by atoms with E-state index >= 15 is 0 Å². The standard InChI is InChI=1S/C11H16BrNS/c12-11-6-5-10(14-11)4-3-9-2-1-7-13-8-9/h5-6,9,13H,1-4,7-8H2. The van der Waals surface area contributed by atoms with Crippen molar-refractivity contribution in [3.05, 3.63) is 20.8 Å². The minimum Gasteiger partial charge on any atom is -0.316 e. The second-order valence-electron chi connectivity index (χ2n) is 3.96. The highest BCUT2D eigenvalue weighted by molar-refractivity contribution is 9.11. The van der Waals surface area contributed by atoms with Gasteiger partial charge in [0.15, 0.2) is 0 Å². The summed E-state index contributed by atoms with van der Waals surface area (Å²) in [5.41, 5.74) is 0. The van der Waals surface area contributed by atoms with Gasteiger partial charge in [-0.15, -0.1) is 11.3 Å². The molecule has 3 heteroatoms. The number of hydrogen-bond donors (Lipinski definition) is 1. The average Bonchev–Trinajstić information content (AvgIpc) is 2.63. The highest BCUT2D eigenvalue weighted by Crippen LogP contribution is 2.25. The van der Waals surface area contributed by atoms with Crippen molar-refractivity contribution >= 4 is 27.3 Å². The van der Waals surface area contributed by atoms with E-state index in [1.165, 1.54) is 47.4 Å². The Morgan fingerprint density at radius 1 is 1.50 bits per heavy atom. The first-order valence-corrected chi connectivity index (χ1v) is 6.90. The first-order valence-electron chi connectivity index (χ1n) is 5.29. The van der Waals surface area contributed by atoms with Gasteiger partial charge in [-0.3, -0.25) is 0 Å². The highest BCUT2D eigenvalue weighted by atomic mass is 79.9. The van der Waals surface area contributed by atoms with Gasteiger partial charge in [-0.05, 0) is 72.8 Å². The van der Waals surface area contributed by atoms with Gasteiger partial charge in [-0.2, -0.15) is 0 Å². The molecule has 0 aliphatic carbocycles. The van der Waals surface area contributed by atoms with Crippen LogP contribution in [0.15, 0.2) is 15.9 Å². The smallest absolute Gasteiger partial charge is 0.0701 e. The van der Waals surface area contributed by atoms with Crippen molar-refractivity contribution in [3.8, 4) is 0 Å². The topological polar surface area (TPSA) is 12.0 Å². The maximum atomic E-state index is 3.50. The molecule has 14 heavy (non-hydrogen) atoms. The third-order valence-corrected chi connectivity index (χ3v) is 4.51. The van der Waals surface area contributed by atoms with Gasteiger partial charge >= 0.3 is 0 Å². The fraction of sp³-hybridized carbons (Fsp3) is 0.636. The largest absolute Gasteiger partial charge is 0.316 e. The van der Waals surface area contributed by atoms with Crippen LogP contribution in [0, 0.1) is 5.92 Å². The Hall–Kier alpha value is 0.140. The molecule has 0 radical (unpaired) electrons. The fourth-order valence-electron chi connectivity index (χ4n) is 2.00. The first kappa shape index (κ1) is 10.7. The summed E-state index contributed by atoms with van der Waals surface area (Å²) in [6.07, 6.45) is 5.38. The van der Waals surface area contributed by atoms with E-state index in [1.807, 2.05) is 11.3 Å². The van der Waals surface area contributed by atoms with E-state index in [-0.39, 0.29) is 0 Å². The molecule has 1 N–H and O–H groups in total. The van der Waals surface area contributed by atoms with E-state index in [9.17, 15) is 0 Å². The van der Waals surface area contributed by atoms with Crippen LogP contribution in [0.4, 0.5) is 0 Å². The molecular formula is C11H16BrNS. The third-order valence-electron chi connectivity index (χ3n) is 2.83. The van der Waals surface area contributed by atoms with Crippen LogP contribution in [0.25, 0.3) is 0 Å². The molecule has 0 aromatic carbocycles. The Morgan fingerprint density at radius 2 is 2.43 bits per heavy atom. The molecule has 1 aromatic heterocycles. The monoisotopic (exact) mass is 273 g/mol. The lowest BCUT2D eigenvalue weighted by Gasteiger charge is -2.22. The molecular weight excluding hydrogens is 258 g/mol. The van der Waals surface area contributed by atoms with Crippen molar-refractivity contribution in [3.63, 3.8) is 0 Å². The van der Waals surface area contributed by atoms with Gasteiger partial charge in [-0.1, -0.05) is 0 Å². The van der Waals surface area contributed by atoms with Crippen molar-refractivity contribution < 1.29 is 0 Å². The van der Waals surface area contributed by atoms with E-state index in [0.29, 0.717) is 0 Å². The van der Waals surface area contributed by atoms with Crippen molar-refractivity contribution in [1.29, 1.82) is 0 Å². The molecule has 1 aliphatic heterocycles. The summed E-state index contributed by atoms with van der Waals surface area (Å²) in [6.45, 7) is 2.45. The lowest BCUT2D eigenvalue weighted by Crippen LogP contribution is -2.29. The van der Waals surface area contributed by atoms with Crippen LogP contribution < -0.4 is 5.32 Å². The van der Waals surface area contributed by atoms with Crippen molar-refractivity contribution in [2.75, 3.05) is 13.1 Å². The number of nitrogens with one attached hydrogen (secondary N) is 1. The summed E-state index contributed by atoms with van der Waals surface area (Å²) in [6, 6.07) is 4.39. The van der Waals surface area contributed by atoms with Gasteiger partial charge in [0.1, 0.15) is 0 Å². The minimum absolute atomic E-state index is 0.907. The van der Waals surface area contributed by atoms with Gasteiger partial charge in [0.05, 0.1) is 3.79 Å². The van der Waals surface area contributed by atoms with E-state index in [2.05, 4.69) is 33.4 Å². The molecule has 2 heterocycles. The normalized spacial score (nSPS) is 22.5. The second kappa shape index (κ2) is 5.29. The molecule has 1 saturated heterocycles. The fourth-order valence-corrected chi connectivity index (χ4v) is 3.50. The zero-order valence-electron chi connectivity index (χ0n) is 8.26. The Kier molecular flexibility index (Phi) is 4.02. The maximum Gasteiger partial charge on any atom is 0.0701 e. The van der Waals surface area contributed by atoms with E-state index < -0.39 is 0 Å². The van der Waals surface area contributed by atoms with Gasteiger partial charge in [0, 0.05) is 4.88 Å². The third kappa shape index (κ3) is 3.07.